The van der Waals surface area contributed by atoms with Crippen molar-refractivity contribution in [2.24, 2.45) is 5.92 Å². The molecule has 0 fully saturated rings. The van der Waals surface area contributed by atoms with E-state index in [1.165, 1.54) is 0 Å². The summed E-state index contributed by atoms with van der Waals surface area (Å²) in [4.78, 5) is 24.4. The van der Waals surface area contributed by atoms with Gasteiger partial charge < -0.3 is 15.4 Å². The minimum atomic E-state index is -0.798. The second-order valence-corrected chi connectivity index (χ2v) is 6.53. The number of aryl methyl sites for hydroxylation is 1. The number of carbonyl (C=O) groups is 2. The molecule has 0 spiro atoms. The monoisotopic (exact) mass is 365 g/mol. The second kappa shape index (κ2) is 8.86. The van der Waals surface area contributed by atoms with Gasteiger partial charge in [0.1, 0.15) is 11.8 Å². The van der Waals surface area contributed by atoms with E-state index in [0.717, 1.165) is 5.56 Å². The van der Waals surface area contributed by atoms with Crippen molar-refractivity contribution < 1.29 is 14.3 Å². The van der Waals surface area contributed by atoms with E-state index in [9.17, 15) is 9.59 Å². The average Bonchev–Trinajstić information content (AvgIpc) is 2.64. The van der Waals surface area contributed by atoms with E-state index in [1.54, 1.807) is 43.3 Å². The van der Waals surface area contributed by atoms with Crippen molar-refractivity contribution in [2.75, 3.05) is 10.6 Å². The Kier molecular flexibility index (Phi) is 6.56. The van der Waals surface area contributed by atoms with E-state index in [0.29, 0.717) is 22.7 Å². The molecule has 2 aromatic carbocycles. The Morgan fingerprint density at radius 3 is 2.41 bits per heavy atom. The Morgan fingerprint density at radius 1 is 1.04 bits per heavy atom. The summed E-state index contributed by atoms with van der Waals surface area (Å²) in [6, 6.07) is 14.1. The third-order valence-electron chi connectivity index (χ3n) is 3.97. The van der Waals surface area contributed by atoms with Gasteiger partial charge in [0.05, 0.1) is 5.56 Å². The molecule has 2 amide bonds. The number of nitrogens with zero attached hydrogens (tertiary/aromatic N) is 1. The van der Waals surface area contributed by atoms with Gasteiger partial charge in [-0.1, -0.05) is 32.0 Å². The van der Waals surface area contributed by atoms with Crippen LogP contribution in [0.15, 0.2) is 42.5 Å². The Morgan fingerprint density at radius 2 is 1.74 bits per heavy atom. The fraction of sp³-hybridized carbons (Fsp3) is 0.286. The number of rotatable bonds is 6. The largest absolute Gasteiger partial charge is 0.480 e. The topological polar surface area (TPSA) is 91.2 Å². The minimum Gasteiger partial charge on any atom is -0.480 e. The number of ether oxygens (including phenoxy) is 1. The molecule has 0 aromatic heterocycles. The number of anilines is 2. The van der Waals surface area contributed by atoms with Crippen molar-refractivity contribution in [1.82, 2.24) is 0 Å². The fourth-order valence-corrected chi connectivity index (χ4v) is 2.26. The van der Waals surface area contributed by atoms with Gasteiger partial charge in [0.25, 0.3) is 5.91 Å². The van der Waals surface area contributed by atoms with Crippen LogP contribution in [0.3, 0.4) is 0 Å². The van der Waals surface area contributed by atoms with Gasteiger partial charge in [-0.3, -0.25) is 9.59 Å². The maximum atomic E-state index is 12.5. The average molecular weight is 365 g/mol. The van der Waals surface area contributed by atoms with Crippen LogP contribution in [0.1, 0.15) is 31.9 Å². The summed E-state index contributed by atoms with van der Waals surface area (Å²) in [6.45, 7) is 7.10. The molecular weight excluding hydrogens is 342 g/mol. The summed E-state index contributed by atoms with van der Waals surface area (Å²) < 4.78 is 5.63. The maximum Gasteiger partial charge on any atom is 0.265 e. The highest BCUT2D eigenvalue weighted by atomic mass is 16.5. The molecule has 0 heterocycles. The van der Waals surface area contributed by atoms with Gasteiger partial charge in [0.15, 0.2) is 6.10 Å². The molecule has 0 saturated heterocycles. The van der Waals surface area contributed by atoms with Gasteiger partial charge in [-0.2, -0.15) is 5.26 Å². The Hall–Kier alpha value is -3.33. The highest BCUT2D eigenvalue weighted by Gasteiger charge is 2.18. The van der Waals surface area contributed by atoms with Gasteiger partial charge in [-0.05, 0) is 43.7 Å². The zero-order chi connectivity index (χ0) is 20.0. The molecule has 6 nitrogen and oxygen atoms in total. The molecule has 0 saturated carbocycles. The molecule has 0 aliphatic carbocycles. The lowest BCUT2D eigenvalue weighted by Crippen LogP contribution is -2.30. The van der Waals surface area contributed by atoms with Crippen molar-refractivity contribution >= 4 is 23.2 Å². The first-order chi connectivity index (χ1) is 12.8. The van der Waals surface area contributed by atoms with Crippen molar-refractivity contribution in [3.8, 4) is 11.8 Å². The van der Waals surface area contributed by atoms with Crippen molar-refractivity contribution in [3.05, 3.63) is 53.6 Å². The fourth-order valence-electron chi connectivity index (χ4n) is 2.26. The first-order valence-electron chi connectivity index (χ1n) is 8.70. The summed E-state index contributed by atoms with van der Waals surface area (Å²) in [5.41, 5.74) is 2.42. The third kappa shape index (κ3) is 5.32. The zero-order valence-corrected chi connectivity index (χ0v) is 15.9. The van der Waals surface area contributed by atoms with Crippen LogP contribution < -0.4 is 15.4 Å². The van der Waals surface area contributed by atoms with Crippen molar-refractivity contribution in [3.63, 3.8) is 0 Å². The number of hydrogen-bond acceptors (Lipinski definition) is 4. The Balaban J connectivity index is 2.10. The highest BCUT2D eigenvalue weighted by molar-refractivity contribution is 5.97. The molecular formula is C21H23N3O3. The molecule has 1 atom stereocenters. The predicted molar refractivity (Wildman–Crippen MR) is 105 cm³/mol. The van der Waals surface area contributed by atoms with E-state index in [4.69, 9.17) is 10.00 Å². The summed E-state index contributed by atoms with van der Waals surface area (Å²) >= 11 is 0. The van der Waals surface area contributed by atoms with Crippen LogP contribution in [0.5, 0.6) is 5.75 Å². The summed E-state index contributed by atoms with van der Waals surface area (Å²) in [6.07, 6.45) is -0.798. The molecule has 2 rings (SSSR count). The van der Waals surface area contributed by atoms with Crippen LogP contribution in [0.2, 0.25) is 0 Å². The van der Waals surface area contributed by atoms with E-state index in [1.807, 2.05) is 32.9 Å². The second-order valence-electron chi connectivity index (χ2n) is 6.53. The molecule has 2 N–H and O–H groups in total. The molecule has 2 aromatic rings. The zero-order valence-electron chi connectivity index (χ0n) is 15.9. The standard InChI is InChI=1S/C21H23N3O3/c1-13(2)20(25)23-17-10-9-14(3)18(11-17)24-21(26)15(4)27-19-8-6-5-7-16(19)12-22/h5-11,13,15H,1-4H3,(H,23,25)(H,24,26). The highest BCUT2D eigenvalue weighted by Crippen LogP contribution is 2.22. The molecule has 6 heteroatoms. The van der Waals surface area contributed by atoms with Crippen LogP contribution >= 0.6 is 0 Å². The Labute approximate surface area is 159 Å². The molecule has 0 radical (unpaired) electrons. The number of carbonyl (C=O) groups excluding carboxylic acids is 2. The summed E-state index contributed by atoms with van der Waals surface area (Å²) in [7, 11) is 0. The van der Waals surface area contributed by atoms with Crippen LogP contribution in [-0.4, -0.2) is 17.9 Å². The number of para-hydroxylation sites is 1. The third-order valence-corrected chi connectivity index (χ3v) is 3.97. The molecule has 1 unspecified atom stereocenters. The number of nitriles is 1. The van der Waals surface area contributed by atoms with Crippen LogP contribution in [0.25, 0.3) is 0 Å². The van der Waals surface area contributed by atoms with Gasteiger partial charge in [0, 0.05) is 17.3 Å². The lowest BCUT2D eigenvalue weighted by molar-refractivity contribution is -0.122. The van der Waals surface area contributed by atoms with Crippen LogP contribution in [0.4, 0.5) is 11.4 Å². The van der Waals surface area contributed by atoms with Crippen molar-refractivity contribution in [2.45, 2.75) is 33.8 Å². The normalized spacial score (nSPS) is 11.4. The van der Waals surface area contributed by atoms with Gasteiger partial charge in [-0.15, -0.1) is 0 Å². The first kappa shape index (κ1) is 20.0. The van der Waals surface area contributed by atoms with E-state index >= 15 is 0 Å². The lowest BCUT2D eigenvalue weighted by Gasteiger charge is -2.17. The quantitative estimate of drug-likeness (QED) is 0.813. The lowest BCUT2D eigenvalue weighted by atomic mass is 10.1. The molecule has 0 aliphatic heterocycles. The smallest absolute Gasteiger partial charge is 0.265 e. The van der Waals surface area contributed by atoms with Gasteiger partial charge >= 0.3 is 0 Å². The van der Waals surface area contributed by atoms with E-state index in [-0.39, 0.29) is 17.7 Å². The number of hydrogen-bond donors (Lipinski definition) is 2. The first-order valence-corrected chi connectivity index (χ1v) is 8.70. The van der Waals surface area contributed by atoms with Gasteiger partial charge in [0.2, 0.25) is 5.91 Å². The predicted octanol–water partition coefficient (Wildman–Crippen LogP) is 3.87. The minimum absolute atomic E-state index is 0.0964. The molecule has 27 heavy (non-hydrogen) atoms. The summed E-state index contributed by atoms with van der Waals surface area (Å²) in [5, 5.41) is 14.7. The number of nitrogens with one attached hydrogen (secondary N) is 2. The molecule has 0 aliphatic rings. The van der Waals surface area contributed by atoms with Gasteiger partial charge in [-0.25, -0.2) is 0 Å². The Bertz CT molecular complexity index is 884. The number of benzene rings is 2. The number of amides is 2. The maximum absolute atomic E-state index is 12.5. The van der Waals surface area contributed by atoms with Crippen molar-refractivity contribution in [1.29, 1.82) is 5.26 Å². The van der Waals surface area contributed by atoms with Crippen LogP contribution in [-0.2, 0) is 9.59 Å². The van der Waals surface area contributed by atoms with E-state index in [2.05, 4.69) is 10.6 Å². The van der Waals surface area contributed by atoms with E-state index < -0.39 is 6.10 Å². The molecule has 0 bridgehead atoms. The summed E-state index contributed by atoms with van der Waals surface area (Å²) in [5.74, 6) is -0.227. The molecule has 140 valence electrons. The SMILES string of the molecule is Cc1ccc(NC(=O)C(C)C)cc1NC(=O)C(C)Oc1ccccc1C#N. The van der Waals surface area contributed by atoms with Crippen LogP contribution in [0, 0.1) is 24.2 Å².